The molecule has 0 spiro atoms. The van der Waals surface area contributed by atoms with E-state index in [2.05, 4.69) is 21.4 Å². The van der Waals surface area contributed by atoms with Crippen molar-refractivity contribution in [3.05, 3.63) is 66.0 Å². The van der Waals surface area contributed by atoms with Crippen LogP contribution < -0.4 is 20.5 Å². The third-order valence-corrected chi connectivity index (χ3v) is 5.00. The number of aromatic nitrogens is 1. The molecule has 2 aromatic rings. The van der Waals surface area contributed by atoms with Crippen LogP contribution in [0.4, 0.5) is 0 Å². The molecule has 7 heteroatoms. The lowest BCUT2D eigenvalue weighted by Crippen LogP contribution is -2.43. The van der Waals surface area contributed by atoms with Gasteiger partial charge in [0, 0.05) is 37.1 Å². The first-order chi connectivity index (χ1) is 13.7. The van der Waals surface area contributed by atoms with Crippen LogP contribution in [-0.4, -0.2) is 37.0 Å². The molecule has 144 valence electrons. The van der Waals surface area contributed by atoms with Crippen molar-refractivity contribution in [2.45, 2.75) is 12.5 Å². The van der Waals surface area contributed by atoms with Crippen molar-refractivity contribution in [2.24, 2.45) is 16.1 Å². The number of carbonyl (C=O) groups excluding carboxylic acids is 1. The fourth-order valence-corrected chi connectivity index (χ4v) is 3.58. The Bertz CT molecular complexity index is 913. The molecule has 0 radical (unpaired) electrons. The SMILES string of the molecule is NC(=O)C(NCC1(Cc2cccnc2)C=CC=NC1)c1ccc2c(c1)OCO2. The number of amides is 1. The maximum Gasteiger partial charge on any atom is 0.239 e. The summed E-state index contributed by atoms with van der Waals surface area (Å²) in [6.07, 6.45) is 10.3. The molecule has 0 bridgehead atoms. The van der Waals surface area contributed by atoms with Crippen molar-refractivity contribution in [3.8, 4) is 11.5 Å². The first-order valence-corrected chi connectivity index (χ1v) is 9.14. The molecule has 2 unspecified atom stereocenters. The molecule has 2 atom stereocenters. The first kappa shape index (κ1) is 18.2. The van der Waals surface area contributed by atoms with Gasteiger partial charge in [0.15, 0.2) is 11.5 Å². The lowest BCUT2D eigenvalue weighted by Gasteiger charge is -2.32. The predicted octanol–water partition coefficient (Wildman–Crippen LogP) is 1.80. The van der Waals surface area contributed by atoms with Crippen LogP contribution >= 0.6 is 0 Å². The summed E-state index contributed by atoms with van der Waals surface area (Å²) >= 11 is 0. The van der Waals surface area contributed by atoms with Crippen LogP contribution in [0.1, 0.15) is 17.2 Å². The topological polar surface area (TPSA) is 98.8 Å². The molecule has 0 fully saturated rings. The molecule has 28 heavy (non-hydrogen) atoms. The van der Waals surface area contributed by atoms with Gasteiger partial charge in [-0.2, -0.15) is 0 Å². The van der Waals surface area contributed by atoms with Gasteiger partial charge in [-0.05, 0) is 41.8 Å². The average Bonchev–Trinajstić information content (AvgIpc) is 3.17. The van der Waals surface area contributed by atoms with Crippen LogP contribution in [0.3, 0.4) is 0 Å². The molecular weight excluding hydrogens is 356 g/mol. The van der Waals surface area contributed by atoms with Crippen molar-refractivity contribution in [2.75, 3.05) is 19.9 Å². The van der Waals surface area contributed by atoms with Gasteiger partial charge in [-0.3, -0.25) is 14.8 Å². The van der Waals surface area contributed by atoms with Gasteiger partial charge in [-0.25, -0.2) is 0 Å². The number of rotatable bonds is 7. The van der Waals surface area contributed by atoms with E-state index >= 15 is 0 Å². The zero-order valence-electron chi connectivity index (χ0n) is 15.4. The summed E-state index contributed by atoms with van der Waals surface area (Å²) in [5.74, 6) is 0.848. The number of nitrogens with zero attached hydrogens (tertiary/aromatic N) is 2. The summed E-state index contributed by atoms with van der Waals surface area (Å²) in [6.45, 7) is 1.35. The van der Waals surface area contributed by atoms with E-state index in [-0.39, 0.29) is 12.2 Å². The number of hydrogen-bond donors (Lipinski definition) is 2. The predicted molar refractivity (Wildman–Crippen MR) is 105 cm³/mol. The number of dihydropyridines is 1. The van der Waals surface area contributed by atoms with Crippen molar-refractivity contribution < 1.29 is 14.3 Å². The van der Waals surface area contributed by atoms with Gasteiger partial charge in [-0.1, -0.05) is 18.2 Å². The summed E-state index contributed by atoms with van der Waals surface area (Å²) in [6, 6.07) is 8.76. The van der Waals surface area contributed by atoms with E-state index < -0.39 is 11.9 Å². The third kappa shape index (κ3) is 3.89. The number of fused-ring (bicyclic) bond motifs is 1. The number of aliphatic imine (C=N–C) groups is 1. The van der Waals surface area contributed by atoms with E-state index in [0.717, 1.165) is 17.5 Å². The summed E-state index contributed by atoms with van der Waals surface area (Å²) < 4.78 is 10.8. The number of primary amides is 1. The van der Waals surface area contributed by atoms with Crippen molar-refractivity contribution in [3.63, 3.8) is 0 Å². The monoisotopic (exact) mass is 378 g/mol. The highest BCUT2D eigenvalue weighted by Gasteiger charge is 2.31. The van der Waals surface area contributed by atoms with Gasteiger partial charge >= 0.3 is 0 Å². The van der Waals surface area contributed by atoms with Crippen LogP contribution in [0.2, 0.25) is 0 Å². The molecule has 2 aliphatic heterocycles. The van der Waals surface area contributed by atoms with Gasteiger partial charge in [-0.15, -0.1) is 0 Å². The number of hydrogen-bond acceptors (Lipinski definition) is 6. The Kier molecular flexibility index (Phi) is 5.08. The Morgan fingerprint density at radius 1 is 1.29 bits per heavy atom. The fraction of sp³-hybridized carbons (Fsp3) is 0.286. The molecule has 4 rings (SSSR count). The largest absolute Gasteiger partial charge is 0.454 e. The van der Waals surface area contributed by atoms with E-state index in [1.807, 2.05) is 30.5 Å². The van der Waals surface area contributed by atoms with Gasteiger partial charge in [0.05, 0.1) is 0 Å². The van der Waals surface area contributed by atoms with E-state index in [0.29, 0.717) is 24.6 Å². The minimum atomic E-state index is -0.639. The van der Waals surface area contributed by atoms with Crippen molar-refractivity contribution >= 4 is 12.1 Å². The Labute approximate surface area is 163 Å². The number of nitrogens with one attached hydrogen (secondary N) is 1. The Balaban J connectivity index is 1.53. The second kappa shape index (κ2) is 7.82. The minimum absolute atomic E-state index is 0.185. The number of benzene rings is 1. The number of allylic oxidation sites excluding steroid dienone is 1. The number of ether oxygens (including phenoxy) is 2. The highest BCUT2D eigenvalue weighted by molar-refractivity contribution is 5.81. The molecule has 1 aromatic heterocycles. The summed E-state index contributed by atoms with van der Waals surface area (Å²) in [5, 5.41) is 3.34. The molecule has 0 saturated heterocycles. The Morgan fingerprint density at radius 2 is 2.18 bits per heavy atom. The molecule has 7 nitrogen and oxygen atoms in total. The highest BCUT2D eigenvalue weighted by atomic mass is 16.7. The number of carbonyl (C=O) groups is 1. The Hall–Kier alpha value is -3.19. The van der Waals surface area contributed by atoms with E-state index in [9.17, 15) is 4.79 Å². The van der Waals surface area contributed by atoms with E-state index in [1.165, 1.54) is 0 Å². The zero-order chi connectivity index (χ0) is 19.4. The van der Waals surface area contributed by atoms with Crippen LogP contribution in [-0.2, 0) is 11.2 Å². The lowest BCUT2D eigenvalue weighted by atomic mass is 9.80. The minimum Gasteiger partial charge on any atom is -0.454 e. The lowest BCUT2D eigenvalue weighted by molar-refractivity contribution is -0.120. The van der Waals surface area contributed by atoms with Crippen LogP contribution in [0.5, 0.6) is 11.5 Å². The summed E-state index contributed by atoms with van der Waals surface area (Å²) in [5.41, 5.74) is 7.29. The van der Waals surface area contributed by atoms with E-state index in [1.54, 1.807) is 24.5 Å². The average molecular weight is 378 g/mol. The number of pyridine rings is 1. The zero-order valence-corrected chi connectivity index (χ0v) is 15.4. The van der Waals surface area contributed by atoms with Gasteiger partial charge in [0.2, 0.25) is 12.7 Å². The molecule has 0 saturated carbocycles. The van der Waals surface area contributed by atoms with Crippen molar-refractivity contribution in [1.29, 1.82) is 0 Å². The summed E-state index contributed by atoms with van der Waals surface area (Å²) in [7, 11) is 0. The molecule has 0 aliphatic carbocycles. The van der Waals surface area contributed by atoms with Crippen molar-refractivity contribution in [1.82, 2.24) is 10.3 Å². The molecule has 1 aromatic carbocycles. The van der Waals surface area contributed by atoms with Crippen LogP contribution in [0.25, 0.3) is 0 Å². The Morgan fingerprint density at radius 3 is 2.93 bits per heavy atom. The highest BCUT2D eigenvalue weighted by Crippen LogP contribution is 2.34. The van der Waals surface area contributed by atoms with Crippen LogP contribution in [0, 0.1) is 5.41 Å². The maximum atomic E-state index is 12.2. The molecular formula is C21H22N4O3. The third-order valence-electron chi connectivity index (χ3n) is 5.00. The summed E-state index contributed by atoms with van der Waals surface area (Å²) in [4.78, 5) is 20.8. The second-order valence-corrected chi connectivity index (χ2v) is 7.08. The smallest absolute Gasteiger partial charge is 0.239 e. The second-order valence-electron chi connectivity index (χ2n) is 7.08. The fourth-order valence-electron chi connectivity index (χ4n) is 3.58. The maximum absolute atomic E-state index is 12.2. The van der Waals surface area contributed by atoms with Crippen LogP contribution in [0.15, 0.2) is 59.9 Å². The standard InChI is InChI=1S/C21H22N4O3/c22-20(26)19(16-4-5-17-18(9-16)28-14-27-17)25-13-21(6-2-8-24-12-21)10-15-3-1-7-23-11-15/h1-9,11,19,25H,10,12-14H2,(H2,22,26). The van der Waals surface area contributed by atoms with E-state index in [4.69, 9.17) is 15.2 Å². The quantitative estimate of drug-likeness (QED) is 0.765. The molecule has 3 N–H and O–H groups in total. The van der Waals surface area contributed by atoms with Gasteiger partial charge in [0.25, 0.3) is 0 Å². The molecule has 2 aliphatic rings. The number of nitrogens with two attached hydrogens (primary N) is 1. The molecule has 1 amide bonds. The normalized spacial score (nSPS) is 20.9. The van der Waals surface area contributed by atoms with Gasteiger partial charge < -0.3 is 20.5 Å². The van der Waals surface area contributed by atoms with Gasteiger partial charge in [0.1, 0.15) is 6.04 Å². The molecule has 3 heterocycles. The first-order valence-electron chi connectivity index (χ1n) is 9.14.